The maximum absolute atomic E-state index is 14.9. The fourth-order valence-electron chi connectivity index (χ4n) is 10.1. The summed E-state index contributed by atoms with van der Waals surface area (Å²) in [5, 5.41) is 26.4. The summed E-state index contributed by atoms with van der Waals surface area (Å²) >= 11 is 0. The van der Waals surface area contributed by atoms with E-state index in [9.17, 15) is 24.3 Å². The van der Waals surface area contributed by atoms with Crippen molar-refractivity contribution >= 4 is 23.6 Å². The summed E-state index contributed by atoms with van der Waals surface area (Å²) in [6.07, 6.45) is 9.20. The number of hydrogen-bond acceptors (Lipinski definition) is 12. The van der Waals surface area contributed by atoms with Gasteiger partial charge in [-0.05, 0) is 60.3 Å². The Hall–Kier alpha value is -6.92. The van der Waals surface area contributed by atoms with Gasteiger partial charge in [0.1, 0.15) is 24.2 Å². The van der Waals surface area contributed by atoms with Crippen LogP contribution >= 0.6 is 0 Å². The zero-order chi connectivity index (χ0) is 54.1. The molecule has 18 nitrogen and oxygen atoms in total. The topological polar surface area (TPSA) is 216 Å². The first-order valence-corrected chi connectivity index (χ1v) is 26.1. The number of carbonyl (C=O) groups is 4. The summed E-state index contributed by atoms with van der Waals surface area (Å²) in [4.78, 5) is 69.1. The number of rotatable bonds is 18. The van der Waals surface area contributed by atoms with E-state index in [-0.39, 0.29) is 86.0 Å². The fourth-order valence-corrected chi connectivity index (χ4v) is 10.1. The van der Waals surface area contributed by atoms with Crippen molar-refractivity contribution in [3.8, 4) is 22.6 Å². The minimum absolute atomic E-state index is 0.0208. The Morgan fingerprint density at radius 1 is 0.707 bits per heavy atom. The Morgan fingerprint density at radius 2 is 1.21 bits per heavy atom. The van der Waals surface area contributed by atoms with Crippen molar-refractivity contribution in [2.75, 3.05) is 19.7 Å². The van der Waals surface area contributed by atoms with Gasteiger partial charge in [0.2, 0.25) is 23.6 Å². The fraction of sp³-hybridized carbons (Fsp3) is 0.509. The molecule has 0 saturated carbocycles. The van der Waals surface area contributed by atoms with Gasteiger partial charge in [0.25, 0.3) is 0 Å². The molecule has 3 N–H and O–H groups in total. The molecule has 7 unspecified atom stereocenters. The van der Waals surface area contributed by atoms with E-state index in [0.717, 1.165) is 44.8 Å². The predicted octanol–water partition coefficient (Wildman–Crippen LogP) is 7.82. The number of likely N-dealkylation sites (tertiary alicyclic amines) is 2. The molecule has 2 aromatic carbocycles. The molecule has 0 radical (unpaired) electrons. The number of β-amino-alcohol motifs (C(OH)–C–C–N with tert-alkyl or cyclic N) is 1. The second-order valence-corrected chi connectivity index (χ2v) is 22.8. The number of ether oxygens (including phenoxy) is 1. The molecule has 18 heteroatoms. The van der Waals surface area contributed by atoms with Gasteiger partial charge in [-0.1, -0.05) is 111 Å². The molecule has 75 heavy (non-hydrogen) atoms. The van der Waals surface area contributed by atoms with Crippen molar-refractivity contribution in [2.45, 2.75) is 156 Å². The molecule has 2 aliphatic rings. The Balaban J connectivity index is 0.948. The van der Waals surface area contributed by atoms with Gasteiger partial charge >= 0.3 is 0 Å². The Labute approximate surface area is 439 Å². The standard InChI is InChI=1S/C57H74N10O8/c1-33(2)48(54(71)64-28-44(68)21-46(64)52(69)58-23-38-13-15-40(16-14-38)50-36(6)59-31-74-50)67-27-43(25-62-67)57(11,12)30-73-45-22-47(53(70)63-35(5)39-17-19-41(20-18-39)51-37(7)60-32-75-51)65(29-45)55(72)49(34(3)4)66-26-42(24-61-66)56(8,9)10/h13-20,24-27,31-35,44-49,68H,21-23,28-30H2,1-12H3,(H,58,69)(H,63,70). The van der Waals surface area contributed by atoms with Crippen LogP contribution in [0.1, 0.15) is 134 Å². The lowest BCUT2D eigenvalue weighted by Gasteiger charge is -2.31. The second kappa shape index (κ2) is 22.1. The van der Waals surface area contributed by atoms with E-state index in [0.29, 0.717) is 11.5 Å². The molecule has 2 aliphatic heterocycles. The van der Waals surface area contributed by atoms with Crippen molar-refractivity contribution in [3.63, 3.8) is 0 Å². The van der Waals surface area contributed by atoms with Gasteiger partial charge in [0.15, 0.2) is 24.3 Å². The normalized spacial score (nSPS) is 19.5. The Morgan fingerprint density at radius 3 is 1.72 bits per heavy atom. The van der Waals surface area contributed by atoms with E-state index < -0.39 is 41.8 Å². The van der Waals surface area contributed by atoms with Crippen molar-refractivity contribution in [3.05, 3.63) is 120 Å². The minimum atomic E-state index is -0.866. The van der Waals surface area contributed by atoms with Gasteiger partial charge in [0, 0.05) is 61.4 Å². The highest BCUT2D eigenvalue weighted by atomic mass is 16.5. The maximum Gasteiger partial charge on any atom is 0.248 e. The molecule has 2 fully saturated rings. The molecule has 0 spiro atoms. The molecule has 400 valence electrons. The highest BCUT2D eigenvalue weighted by molar-refractivity contribution is 5.91. The van der Waals surface area contributed by atoms with E-state index in [4.69, 9.17) is 18.7 Å². The summed E-state index contributed by atoms with van der Waals surface area (Å²) in [7, 11) is 0. The molecule has 6 heterocycles. The Kier molecular flexibility index (Phi) is 16.0. The summed E-state index contributed by atoms with van der Waals surface area (Å²) in [6.45, 7) is 24.6. The number of aryl methyl sites for hydroxylation is 2. The van der Waals surface area contributed by atoms with Gasteiger partial charge < -0.3 is 39.1 Å². The number of aliphatic hydroxyl groups is 1. The molecule has 2 saturated heterocycles. The van der Waals surface area contributed by atoms with Crippen LogP contribution in [0, 0.1) is 25.7 Å². The van der Waals surface area contributed by atoms with Crippen LogP contribution < -0.4 is 10.6 Å². The number of hydrogen-bond donors (Lipinski definition) is 3. The first-order valence-electron chi connectivity index (χ1n) is 26.1. The van der Waals surface area contributed by atoms with Crippen LogP contribution in [0.3, 0.4) is 0 Å². The van der Waals surface area contributed by atoms with E-state index in [1.807, 2.05) is 123 Å². The number of amides is 4. The molecular weight excluding hydrogens is 953 g/mol. The summed E-state index contributed by atoms with van der Waals surface area (Å²) in [5.74, 6) is -0.134. The predicted molar refractivity (Wildman–Crippen MR) is 282 cm³/mol. The Bertz CT molecular complexity index is 2940. The number of carbonyl (C=O) groups excluding carboxylic acids is 4. The van der Waals surface area contributed by atoms with Crippen LogP contribution in [0.2, 0.25) is 0 Å². The quantitative estimate of drug-likeness (QED) is 0.0751. The molecular formula is C57H74N10O8. The molecule has 8 rings (SSSR count). The average molecular weight is 1030 g/mol. The third-order valence-corrected chi connectivity index (χ3v) is 14.8. The summed E-state index contributed by atoms with van der Waals surface area (Å²) < 4.78 is 21.2. The number of nitrogens with one attached hydrogen (secondary N) is 2. The third-order valence-electron chi connectivity index (χ3n) is 14.8. The molecule has 6 aromatic rings. The SMILES string of the molecule is Cc1ncoc1-c1ccc(CNC(=O)C2CC(O)CN2C(=O)C(C(C)C)n2cc(C(C)(C)COC3CC(C(=O)NC(C)c4ccc(-c5ocnc5C)cc4)N(C(=O)C(C(C)C)n4cc(C(C)(C)C)cn4)C3)cn2)cc1. The van der Waals surface area contributed by atoms with Crippen LogP contribution in [-0.4, -0.2) is 112 Å². The first kappa shape index (κ1) is 54.3. The van der Waals surface area contributed by atoms with Crippen molar-refractivity contribution in [2.24, 2.45) is 11.8 Å². The van der Waals surface area contributed by atoms with Gasteiger partial charge in [-0.15, -0.1) is 0 Å². The average Bonchev–Trinajstić information content (AvgIpc) is 4.23. The molecule has 0 bridgehead atoms. The van der Waals surface area contributed by atoms with Crippen molar-refractivity contribution in [1.29, 1.82) is 0 Å². The highest BCUT2D eigenvalue weighted by Gasteiger charge is 2.46. The number of aliphatic hydroxyl groups excluding tert-OH is 1. The number of nitrogens with zero attached hydrogens (tertiary/aromatic N) is 8. The zero-order valence-corrected chi connectivity index (χ0v) is 45.4. The number of benzene rings is 2. The van der Waals surface area contributed by atoms with Crippen LogP contribution in [0.4, 0.5) is 0 Å². The van der Waals surface area contributed by atoms with Crippen LogP contribution in [0.15, 0.2) is 94.9 Å². The highest BCUT2D eigenvalue weighted by Crippen LogP contribution is 2.34. The molecule has 4 amide bonds. The molecule has 0 aliphatic carbocycles. The number of oxazole rings is 2. The minimum Gasteiger partial charge on any atom is -0.443 e. The van der Waals surface area contributed by atoms with Gasteiger partial charge in [-0.3, -0.25) is 28.5 Å². The van der Waals surface area contributed by atoms with Crippen LogP contribution in [-0.2, 0) is 41.3 Å². The van der Waals surface area contributed by atoms with E-state index in [2.05, 4.69) is 46.5 Å². The van der Waals surface area contributed by atoms with Gasteiger partial charge in [-0.25, -0.2) is 9.97 Å². The van der Waals surface area contributed by atoms with E-state index >= 15 is 0 Å². The number of aromatic nitrogens is 6. The van der Waals surface area contributed by atoms with Crippen LogP contribution in [0.5, 0.6) is 0 Å². The van der Waals surface area contributed by atoms with E-state index in [1.54, 1.807) is 26.7 Å². The van der Waals surface area contributed by atoms with Gasteiger partial charge in [-0.2, -0.15) is 10.2 Å². The third kappa shape index (κ3) is 12.0. The largest absolute Gasteiger partial charge is 0.443 e. The maximum atomic E-state index is 14.9. The smallest absolute Gasteiger partial charge is 0.248 e. The van der Waals surface area contributed by atoms with Crippen molar-refractivity contribution in [1.82, 2.24) is 50.0 Å². The lowest BCUT2D eigenvalue weighted by atomic mass is 9.88. The van der Waals surface area contributed by atoms with E-state index in [1.165, 1.54) is 17.7 Å². The van der Waals surface area contributed by atoms with Gasteiger partial charge in [0.05, 0.1) is 48.6 Å². The first-order chi connectivity index (χ1) is 35.5. The second-order valence-electron chi connectivity index (χ2n) is 22.8. The lowest BCUT2D eigenvalue weighted by Crippen LogP contribution is -2.49. The molecule has 4 aromatic heterocycles. The molecule has 7 atom stereocenters. The van der Waals surface area contributed by atoms with Crippen LogP contribution in [0.25, 0.3) is 22.6 Å². The monoisotopic (exact) mass is 1030 g/mol. The summed E-state index contributed by atoms with van der Waals surface area (Å²) in [5.41, 5.74) is 6.09. The zero-order valence-electron chi connectivity index (χ0n) is 45.4. The lowest BCUT2D eigenvalue weighted by molar-refractivity contribution is -0.142. The summed E-state index contributed by atoms with van der Waals surface area (Å²) in [6, 6.07) is 11.9. The van der Waals surface area contributed by atoms with Crippen molar-refractivity contribution < 1.29 is 37.9 Å².